The van der Waals surface area contributed by atoms with Gasteiger partial charge in [0.2, 0.25) is 0 Å². The van der Waals surface area contributed by atoms with Crippen molar-refractivity contribution in [1.82, 2.24) is 0 Å². The lowest BCUT2D eigenvalue weighted by molar-refractivity contribution is -0.143. The summed E-state index contributed by atoms with van der Waals surface area (Å²) in [4.78, 5) is 11.0. The molecule has 0 aromatic heterocycles. The van der Waals surface area contributed by atoms with E-state index < -0.39 is 5.97 Å². The molecular weight excluding hydrogens is 238 g/mol. The highest BCUT2D eigenvalue weighted by molar-refractivity contribution is 5.70. The number of carbonyl (C=O) groups is 1. The number of hydrogen-bond acceptors (Lipinski definition) is 2. The largest absolute Gasteiger partial charge is 0.481 e. The summed E-state index contributed by atoms with van der Waals surface area (Å²) in [5.41, 5.74) is 10.1. The molecule has 3 nitrogen and oxygen atoms in total. The molecule has 2 rings (SSSR count). The normalized spacial score (nSPS) is 25.0. The topological polar surface area (TPSA) is 63.3 Å². The third-order valence-electron chi connectivity index (χ3n) is 4.42. The lowest BCUT2D eigenvalue weighted by Crippen LogP contribution is -2.29. The zero-order valence-electron chi connectivity index (χ0n) is 11.7. The van der Waals surface area contributed by atoms with Crippen LogP contribution in [-0.4, -0.2) is 11.1 Å². The number of aryl methyl sites for hydroxylation is 2. The predicted molar refractivity (Wildman–Crippen MR) is 75.9 cm³/mol. The van der Waals surface area contributed by atoms with E-state index in [-0.39, 0.29) is 12.0 Å². The Kier molecular flexibility index (Phi) is 4.25. The first-order valence-electron chi connectivity index (χ1n) is 7.04. The van der Waals surface area contributed by atoms with Crippen LogP contribution < -0.4 is 5.73 Å². The minimum Gasteiger partial charge on any atom is -0.481 e. The first-order chi connectivity index (χ1) is 8.99. The van der Waals surface area contributed by atoms with Crippen molar-refractivity contribution in [3.8, 4) is 0 Å². The van der Waals surface area contributed by atoms with Gasteiger partial charge in [0.25, 0.3) is 0 Å². The molecule has 0 bridgehead atoms. The van der Waals surface area contributed by atoms with E-state index in [1.54, 1.807) is 0 Å². The minimum absolute atomic E-state index is 0.0367. The van der Waals surface area contributed by atoms with E-state index in [9.17, 15) is 4.79 Å². The fourth-order valence-corrected chi connectivity index (χ4v) is 3.10. The Bertz CT molecular complexity index is 462. The second kappa shape index (κ2) is 5.74. The Labute approximate surface area is 114 Å². The van der Waals surface area contributed by atoms with Crippen LogP contribution in [0.1, 0.15) is 48.4 Å². The summed E-state index contributed by atoms with van der Waals surface area (Å²) in [5, 5.41) is 9.03. The molecule has 0 saturated heterocycles. The van der Waals surface area contributed by atoms with E-state index in [0.29, 0.717) is 5.92 Å². The van der Waals surface area contributed by atoms with Crippen molar-refractivity contribution in [3.05, 3.63) is 34.9 Å². The van der Waals surface area contributed by atoms with Crippen LogP contribution in [0.4, 0.5) is 0 Å². The van der Waals surface area contributed by atoms with E-state index >= 15 is 0 Å². The van der Waals surface area contributed by atoms with Gasteiger partial charge >= 0.3 is 5.97 Å². The molecule has 0 amide bonds. The van der Waals surface area contributed by atoms with Crippen LogP contribution in [0, 0.1) is 25.7 Å². The predicted octanol–water partition coefficient (Wildman–Crippen LogP) is 3.19. The molecule has 0 aliphatic heterocycles. The maximum atomic E-state index is 11.0. The summed E-state index contributed by atoms with van der Waals surface area (Å²) in [6.45, 7) is 4.18. The fraction of sp³-hybridized carbons (Fsp3) is 0.562. The molecule has 1 unspecified atom stereocenters. The number of nitrogens with two attached hydrogens (primary N) is 1. The van der Waals surface area contributed by atoms with Crippen molar-refractivity contribution in [1.29, 1.82) is 0 Å². The zero-order valence-corrected chi connectivity index (χ0v) is 11.7. The van der Waals surface area contributed by atoms with Crippen molar-refractivity contribution in [2.75, 3.05) is 0 Å². The second-order valence-corrected chi connectivity index (χ2v) is 5.84. The summed E-state index contributed by atoms with van der Waals surface area (Å²) >= 11 is 0. The van der Waals surface area contributed by atoms with Gasteiger partial charge in [0.05, 0.1) is 5.92 Å². The van der Waals surface area contributed by atoms with Crippen LogP contribution >= 0.6 is 0 Å². The van der Waals surface area contributed by atoms with Crippen LogP contribution in [0.15, 0.2) is 18.2 Å². The molecule has 19 heavy (non-hydrogen) atoms. The third kappa shape index (κ3) is 3.16. The summed E-state index contributed by atoms with van der Waals surface area (Å²) in [7, 11) is 0. The highest BCUT2D eigenvalue weighted by Crippen LogP contribution is 2.36. The number of benzene rings is 1. The molecule has 3 heteroatoms. The van der Waals surface area contributed by atoms with Crippen molar-refractivity contribution >= 4 is 5.97 Å². The second-order valence-electron chi connectivity index (χ2n) is 5.84. The lowest BCUT2D eigenvalue weighted by Gasteiger charge is -2.31. The number of aliphatic carboxylic acids is 1. The van der Waals surface area contributed by atoms with Crippen LogP contribution in [0.25, 0.3) is 0 Å². The quantitative estimate of drug-likeness (QED) is 0.878. The number of carboxylic acids is 1. The minimum atomic E-state index is -0.654. The van der Waals surface area contributed by atoms with Gasteiger partial charge in [-0.05, 0) is 56.6 Å². The smallest absolute Gasteiger partial charge is 0.306 e. The van der Waals surface area contributed by atoms with Crippen molar-refractivity contribution < 1.29 is 9.90 Å². The fourth-order valence-electron chi connectivity index (χ4n) is 3.10. The Balaban J connectivity index is 2.07. The van der Waals surface area contributed by atoms with Gasteiger partial charge in [-0.2, -0.15) is 0 Å². The Morgan fingerprint density at radius 1 is 1.26 bits per heavy atom. The maximum absolute atomic E-state index is 11.0. The highest BCUT2D eigenvalue weighted by Gasteiger charge is 2.30. The summed E-state index contributed by atoms with van der Waals surface area (Å²) in [6.07, 6.45) is 3.37. The zero-order chi connectivity index (χ0) is 14.0. The molecule has 1 aliphatic carbocycles. The van der Waals surface area contributed by atoms with Gasteiger partial charge in [-0.25, -0.2) is 0 Å². The van der Waals surface area contributed by atoms with E-state index in [4.69, 9.17) is 10.8 Å². The number of rotatable bonds is 3. The monoisotopic (exact) mass is 261 g/mol. The molecule has 104 valence electrons. The maximum Gasteiger partial charge on any atom is 0.306 e. The van der Waals surface area contributed by atoms with Gasteiger partial charge in [0.1, 0.15) is 0 Å². The van der Waals surface area contributed by atoms with E-state index in [0.717, 1.165) is 25.7 Å². The third-order valence-corrected chi connectivity index (χ3v) is 4.42. The van der Waals surface area contributed by atoms with Gasteiger partial charge in [-0.15, -0.1) is 0 Å². The molecule has 1 fully saturated rings. The molecule has 0 spiro atoms. The van der Waals surface area contributed by atoms with Crippen LogP contribution in [0.3, 0.4) is 0 Å². The van der Waals surface area contributed by atoms with Crippen LogP contribution in [0.2, 0.25) is 0 Å². The van der Waals surface area contributed by atoms with Crippen LogP contribution in [0.5, 0.6) is 0 Å². The molecular formula is C16H23NO2. The lowest BCUT2D eigenvalue weighted by atomic mass is 9.76. The van der Waals surface area contributed by atoms with Gasteiger partial charge < -0.3 is 10.8 Å². The highest BCUT2D eigenvalue weighted by atomic mass is 16.4. The van der Waals surface area contributed by atoms with Crippen molar-refractivity contribution in [2.45, 2.75) is 45.6 Å². The summed E-state index contributed by atoms with van der Waals surface area (Å²) in [5.74, 6) is -0.406. The van der Waals surface area contributed by atoms with E-state index in [1.165, 1.54) is 16.7 Å². The molecule has 1 atom stereocenters. The molecule has 1 aromatic carbocycles. The van der Waals surface area contributed by atoms with Crippen molar-refractivity contribution in [2.24, 2.45) is 17.6 Å². The molecule has 1 aromatic rings. The van der Waals surface area contributed by atoms with E-state index in [1.807, 2.05) is 0 Å². The van der Waals surface area contributed by atoms with Gasteiger partial charge in [-0.3, -0.25) is 4.79 Å². The molecule has 3 N–H and O–H groups in total. The van der Waals surface area contributed by atoms with E-state index in [2.05, 4.69) is 32.0 Å². The standard InChI is InChI=1S/C16H23NO2/c1-10-3-4-11(2)14(9-10)15(17)12-5-7-13(8-6-12)16(18)19/h3-4,9,12-13,15H,5-8,17H2,1-2H3,(H,18,19). The van der Waals surface area contributed by atoms with Gasteiger partial charge in [0.15, 0.2) is 0 Å². The molecule has 1 saturated carbocycles. The average Bonchev–Trinajstić information content (AvgIpc) is 2.41. The molecule has 0 radical (unpaired) electrons. The Morgan fingerprint density at radius 2 is 1.89 bits per heavy atom. The number of hydrogen-bond donors (Lipinski definition) is 2. The van der Waals surface area contributed by atoms with Crippen molar-refractivity contribution in [3.63, 3.8) is 0 Å². The first-order valence-corrected chi connectivity index (χ1v) is 7.04. The SMILES string of the molecule is Cc1ccc(C)c(C(N)C2CCC(C(=O)O)CC2)c1. The first kappa shape index (κ1) is 14.1. The Morgan fingerprint density at radius 3 is 2.47 bits per heavy atom. The Hall–Kier alpha value is -1.35. The summed E-state index contributed by atoms with van der Waals surface area (Å²) < 4.78 is 0. The average molecular weight is 261 g/mol. The summed E-state index contributed by atoms with van der Waals surface area (Å²) in [6, 6.07) is 6.43. The van der Waals surface area contributed by atoms with Crippen LogP contribution in [-0.2, 0) is 4.79 Å². The molecule has 0 heterocycles. The van der Waals surface area contributed by atoms with Gasteiger partial charge in [0, 0.05) is 6.04 Å². The number of carboxylic acid groups (broad SMARTS) is 1. The molecule has 1 aliphatic rings. The van der Waals surface area contributed by atoms with Gasteiger partial charge in [-0.1, -0.05) is 23.8 Å².